The van der Waals surface area contributed by atoms with Crippen molar-refractivity contribution in [3.63, 3.8) is 0 Å². The van der Waals surface area contributed by atoms with Crippen LogP contribution in [0.2, 0.25) is 5.02 Å². The van der Waals surface area contributed by atoms with Gasteiger partial charge in [-0.2, -0.15) is 5.10 Å². The summed E-state index contributed by atoms with van der Waals surface area (Å²) in [6.07, 6.45) is 3.09. The van der Waals surface area contributed by atoms with Crippen molar-refractivity contribution in [2.45, 2.75) is 59.5 Å². The molecule has 0 aliphatic heterocycles. The van der Waals surface area contributed by atoms with E-state index in [1.54, 1.807) is 0 Å². The zero-order chi connectivity index (χ0) is 15.0. The highest BCUT2D eigenvalue weighted by Crippen LogP contribution is 2.22. The van der Waals surface area contributed by atoms with E-state index in [4.69, 9.17) is 16.3 Å². The highest BCUT2D eigenvalue weighted by atomic mass is 35.5. The number of aryl methyl sites for hydroxylation is 2. The van der Waals surface area contributed by atoms with Crippen LogP contribution in [-0.4, -0.2) is 35.6 Å². The molecule has 0 saturated heterocycles. The molecular weight excluding hydrogens is 274 g/mol. The SMILES string of the molecule is CCNC(CCCOCC)Cc1c(Cl)c(C)nn1CC. The van der Waals surface area contributed by atoms with Crippen molar-refractivity contribution in [2.24, 2.45) is 0 Å². The molecule has 1 aromatic rings. The lowest BCUT2D eigenvalue weighted by Crippen LogP contribution is -2.32. The van der Waals surface area contributed by atoms with Gasteiger partial charge in [0.25, 0.3) is 0 Å². The second-order valence-corrected chi connectivity index (χ2v) is 5.34. The van der Waals surface area contributed by atoms with E-state index in [0.29, 0.717) is 6.04 Å². The third-order valence-corrected chi connectivity index (χ3v) is 3.92. The van der Waals surface area contributed by atoms with Gasteiger partial charge in [0, 0.05) is 32.2 Å². The molecule has 0 aliphatic carbocycles. The summed E-state index contributed by atoms with van der Waals surface area (Å²) in [4.78, 5) is 0. The maximum atomic E-state index is 6.38. The summed E-state index contributed by atoms with van der Waals surface area (Å²) in [6, 6.07) is 0.430. The molecule has 0 aliphatic rings. The molecule has 1 aromatic heterocycles. The highest BCUT2D eigenvalue weighted by molar-refractivity contribution is 6.31. The predicted molar refractivity (Wildman–Crippen MR) is 84.5 cm³/mol. The van der Waals surface area contributed by atoms with Gasteiger partial charge in [-0.15, -0.1) is 0 Å². The van der Waals surface area contributed by atoms with Crippen LogP contribution in [0.4, 0.5) is 0 Å². The van der Waals surface area contributed by atoms with E-state index in [-0.39, 0.29) is 0 Å². The van der Waals surface area contributed by atoms with Crippen molar-refractivity contribution in [2.75, 3.05) is 19.8 Å². The average Bonchev–Trinajstić information content (AvgIpc) is 2.71. The Hall–Kier alpha value is -0.580. The lowest BCUT2D eigenvalue weighted by molar-refractivity contribution is 0.140. The van der Waals surface area contributed by atoms with Crippen molar-refractivity contribution >= 4 is 11.6 Å². The number of ether oxygens (including phenoxy) is 1. The van der Waals surface area contributed by atoms with E-state index in [0.717, 1.165) is 62.0 Å². The fraction of sp³-hybridized carbons (Fsp3) is 0.800. The Kier molecular flexibility index (Phi) is 8.19. The Labute approximate surface area is 127 Å². The fourth-order valence-electron chi connectivity index (χ4n) is 2.44. The van der Waals surface area contributed by atoms with Gasteiger partial charge in [-0.3, -0.25) is 4.68 Å². The third-order valence-electron chi connectivity index (χ3n) is 3.43. The first-order valence-electron chi connectivity index (χ1n) is 7.66. The Morgan fingerprint density at radius 1 is 1.35 bits per heavy atom. The van der Waals surface area contributed by atoms with Crippen LogP contribution in [0, 0.1) is 6.92 Å². The summed E-state index contributed by atoms with van der Waals surface area (Å²) < 4.78 is 7.43. The maximum absolute atomic E-state index is 6.38. The smallest absolute Gasteiger partial charge is 0.0847 e. The van der Waals surface area contributed by atoms with E-state index in [9.17, 15) is 0 Å². The Bertz CT molecular complexity index is 393. The molecule has 1 heterocycles. The van der Waals surface area contributed by atoms with Crippen LogP contribution in [0.25, 0.3) is 0 Å². The molecule has 0 aromatic carbocycles. The molecule has 0 saturated carbocycles. The van der Waals surface area contributed by atoms with Crippen LogP contribution in [0.15, 0.2) is 0 Å². The van der Waals surface area contributed by atoms with Gasteiger partial charge in [0.1, 0.15) is 0 Å². The van der Waals surface area contributed by atoms with Crippen molar-refractivity contribution in [1.82, 2.24) is 15.1 Å². The molecule has 20 heavy (non-hydrogen) atoms. The van der Waals surface area contributed by atoms with Gasteiger partial charge in [-0.05, 0) is 40.2 Å². The standard InChI is InChI=1S/C15H28ClN3O/c1-5-17-13(9-8-10-20-7-3)11-14-15(16)12(4)18-19(14)6-2/h13,17H,5-11H2,1-4H3. The lowest BCUT2D eigenvalue weighted by atomic mass is 10.1. The van der Waals surface area contributed by atoms with Crippen LogP contribution >= 0.6 is 11.6 Å². The number of likely N-dealkylation sites (N-methyl/N-ethyl adjacent to an activating group) is 1. The predicted octanol–water partition coefficient (Wildman–Crippen LogP) is 3.20. The van der Waals surface area contributed by atoms with Crippen LogP contribution in [-0.2, 0) is 17.7 Å². The highest BCUT2D eigenvalue weighted by Gasteiger charge is 2.17. The maximum Gasteiger partial charge on any atom is 0.0847 e. The minimum atomic E-state index is 0.430. The molecule has 0 fully saturated rings. The number of nitrogens with one attached hydrogen (secondary N) is 1. The van der Waals surface area contributed by atoms with Crippen molar-refractivity contribution < 1.29 is 4.74 Å². The van der Waals surface area contributed by atoms with Crippen LogP contribution in [0.5, 0.6) is 0 Å². The van der Waals surface area contributed by atoms with Gasteiger partial charge in [-0.1, -0.05) is 18.5 Å². The summed E-state index contributed by atoms with van der Waals surface area (Å²) in [5.41, 5.74) is 2.07. The molecule has 116 valence electrons. The first-order valence-corrected chi connectivity index (χ1v) is 8.04. The molecule has 5 heteroatoms. The molecule has 1 atom stereocenters. The van der Waals surface area contributed by atoms with Crippen molar-refractivity contribution in [1.29, 1.82) is 0 Å². The second-order valence-electron chi connectivity index (χ2n) is 4.96. The molecule has 1 rings (SSSR count). The van der Waals surface area contributed by atoms with Gasteiger partial charge >= 0.3 is 0 Å². The number of hydrogen-bond acceptors (Lipinski definition) is 3. The topological polar surface area (TPSA) is 39.1 Å². The molecule has 1 unspecified atom stereocenters. The molecular formula is C15H28ClN3O. The first kappa shape index (κ1) is 17.5. The Morgan fingerprint density at radius 2 is 2.10 bits per heavy atom. The van der Waals surface area contributed by atoms with Gasteiger partial charge in [0.15, 0.2) is 0 Å². The number of aromatic nitrogens is 2. The van der Waals surface area contributed by atoms with E-state index in [1.165, 1.54) is 0 Å². The van der Waals surface area contributed by atoms with Crippen molar-refractivity contribution in [3.05, 3.63) is 16.4 Å². The summed E-state index contributed by atoms with van der Waals surface area (Å²) in [5.74, 6) is 0. The lowest BCUT2D eigenvalue weighted by Gasteiger charge is -2.18. The Morgan fingerprint density at radius 3 is 2.70 bits per heavy atom. The quantitative estimate of drug-likeness (QED) is 0.675. The van der Waals surface area contributed by atoms with Crippen LogP contribution in [0.3, 0.4) is 0 Å². The zero-order valence-electron chi connectivity index (χ0n) is 13.2. The number of hydrogen-bond donors (Lipinski definition) is 1. The van der Waals surface area contributed by atoms with E-state index in [1.807, 2.05) is 18.5 Å². The summed E-state index contributed by atoms with van der Waals surface area (Å²) in [6.45, 7) is 11.7. The third kappa shape index (κ3) is 5.08. The van der Waals surface area contributed by atoms with Gasteiger partial charge in [-0.25, -0.2) is 0 Å². The first-order chi connectivity index (χ1) is 9.63. The summed E-state index contributed by atoms with van der Waals surface area (Å²) in [5, 5.41) is 8.84. The number of rotatable bonds is 10. The normalized spacial score (nSPS) is 12.8. The summed E-state index contributed by atoms with van der Waals surface area (Å²) in [7, 11) is 0. The van der Waals surface area contributed by atoms with Crippen LogP contribution < -0.4 is 5.32 Å². The minimum absolute atomic E-state index is 0.430. The van der Waals surface area contributed by atoms with Gasteiger partial charge in [0.05, 0.1) is 16.4 Å². The fourth-order valence-corrected chi connectivity index (χ4v) is 2.65. The molecule has 1 N–H and O–H groups in total. The monoisotopic (exact) mass is 301 g/mol. The molecule has 0 bridgehead atoms. The van der Waals surface area contributed by atoms with Gasteiger partial charge in [0.2, 0.25) is 0 Å². The molecule has 0 radical (unpaired) electrons. The van der Waals surface area contributed by atoms with E-state index in [2.05, 4.69) is 24.3 Å². The van der Waals surface area contributed by atoms with Crippen LogP contribution in [0.1, 0.15) is 45.0 Å². The molecule has 0 amide bonds. The Balaban J connectivity index is 2.64. The zero-order valence-corrected chi connectivity index (χ0v) is 14.0. The largest absolute Gasteiger partial charge is 0.382 e. The average molecular weight is 302 g/mol. The second kappa shape index (κ2) is 9.37. The molecule has 0 spiro atoms. The van der Waals surface area contributed by atoms with E-state index < -0.39 is 0 Å². The van der Waals surface area contributed by atoms with E-state index >= 15 is 0 Å². The number of nitrogens with zero attached hydrogens (tertiary/aromatic N) is 2. The summed E-state index contributed by atoms with van der Waals surface area (Å²) >= 11 is 6.38. The number of halogens is 1. The van der Waals surface area contributed by atoms with Crippen molar-refractivity contribution in [3.8, 4) is 0 Å². The molecule has 4 nitrogen and oxygen atoms in total. The minimum Gasteiger partial charge on any atom is -0.382 e. The van der Waals surface area contributed by atoms with Gasteiger partial charge < -0.3 is 10.1 Å².